The average Bonchev–Trinajstić information content (AvgIpc) is 3.64. The number of nitrogens with zero attached hydrogens (tertiary/aromatic N) is 1. The molecule has 3 amide bonds. The molecule has 2 aliphatic rings. The summed E-state index contributed by atoms with van der Waals surface area (Å²) < 4.78 is 12.1. The van der Waals surface area contributed by atoms with Crippen LogP contribution in [0.5, 0.6) is 0 Å². The smallest absolute Gasteiger partial charge is 0.290 e. The van der Waals surface area contributed by atoms with E-state index in [4.69, 9.17) is 21.1 Å². The maximum atomic E-state index is 13.4. The lowest BCUT2D eigenvalue weighted by Gasteiger charge is -2.29. The fourth-order valence-corrected chi connectivity index (χ4v) is 6.07. The van der Waals surface area contributed by atoms with Gasteiger partial charge in [0.25, 0.3) is 17.7 Å². The van der Waals surface area contributed by atoms with Crippen LogP contribution in [0.4, 0.5) is 11.4 Å². The zero-order chi connectivity index (χ0) is 30.1. The Bertz CT molecular complexity index is 1730. The fraction of sp³-hybridized carbons (Fsp3) is 0.182. The Morgan fingerprint density at radius 3 is 2.53 bits per heavy atom. The second-order valence-electron chi connectivity index (χ2n) is 10.4. The van der Waals surface area contributed by atoms with Crippen molar-refractivity contribution in [2.45, 2.75) is 38.8 Å². The van der Waals surface area contributed by atoms with E-state index in [1.807, 2.05) is 41.1 Å². The summed E-state index contributed by atoms with van der Waals surface area (Å²) in [5, 5.41) is 16.6. The average molecular weight is 615 g/mol. The summed E-state index contributed by atoms with van der Waals surface area (Å²) in [5.74, 6) is -1.25. The summed E-state index contributed by atoms with van der Waals surface area (Å²) in [6, 6.07) is 19.1. The third kappa shape index (κ3) is 5.98. The summed E-state index contributed by atoms with van der Waals surface area (Å²) in [6.45, 7) is 2.02. The topological polar surface area (TPSA) is 105 Å². The predicted octanol–water partition coefficient (Wildman–Crippen LogP) is 6.57. The van der Waals surface area contributed by atoms with Gasteiger partial charge < -0.3 is 19.9 Å². The Balaban J connectivity index is 1.17. The van der Waals surface area contributed by atoms with Crippen molar-refractivity contribution in [2.75, 3.05) is 10.2 Å². The van der Waals surface area contributed by atoms with Crippen LogP contribution in [0.15, 0.2) is 89.3 Å². The van der Waals surface area contributed by atoms with Gasteiger partial charge in [-0.15, -0.1) is 0 Å². The SMILES string of the molecule is Cc1cc(NC(=O)C2=C[C@@H](c3ccsc3)C[C@@H](OCc3ccc(CO)cc3)O2)ccc1N1C(=O)c2ccc(Cl)cc2C1=O. The van der Waals surface area contributed by atoms with Crippen LogP contribution in [0.3, 0.4) is 0 Å². The summed E-state index contributed by atoms with van der Waals surface area (Å²) in [6.07, 6.45) is 1.69. The Morgan fingerprint density at radius 1 is 1.05 bits per heavy atom. The van der Waals surface area contributed by atoms with Crippen LogP contribution in [-0.4, -0.2) is 29.1 Å². The molecule has 2 atom stereocenters. The Labute approximate surface area is 257 Å². The molecular weight excluding hydrogens is 588 g/mol. The van der Waals surface area contributed by atoms with Crippen LogP contribution in [0.1, 0.15) is 55.3 Å². The van der Waals surface area contributed by atoms with Gasteiger partial charge in [-0.25, -0.2) is 4.90 Å². The molecule has 10 heteroatoms. The van der Waals surface area contributed by atoms with E-state index < -0.39 is 24.0 Å². The lowest BCUT2D eigenvalue weighted by atomic mass is 9.95. The summed E-state index contributed by atoms with van der Waals surface area (Å²) in [7, 11) is 0. The van der Waals surface area contributed by atoms with E-state index in [1.54, 1.807) is 54.7 Å². The number of carbonyl (C=O) groups excluding carboxylic acids is 3. The van der Waals surface area contributed by atoms with E-state index in [9.17, 15) is 19.5 Å². The van der Waals surface area contributed by atoms with Gasteiger partial charge in [0.15, 0.2) is 5.76 Å². The highest BCUT2D eigenvalue weighted by atomic mass is 35.5. The highest BCUT2D eigenvalue weighted by Crippen LogP contribution is 2.35. The lowest BCUT2D eigenvalue weighted by molar-refractivity contribution is -0.147. The van der Waals surface area contributed by atoms with Crippen molar-refractivity contribution in [3.63, 3.8) is 0 Å². The van der Waals surface area contributed by atoms with Crippen LogP contribution in [0.2, 0.25) is 5.02 Å². The number of benzene rings is 3. The van der Waals surface area contributed by atoms with Gasteiger partial charge >= 0.3 is 0 Å². The van der Waals surface area contributed by atoms with Gasteiger partial charge in [-0.05, 0) is 88.5 Å². The van der Waals surface area contributed by atoms with Crippen LogP contribution in [-0.2, 0) is 27.5 Å². The van der Waals surface area contributed by atoms with Crippen LogP contribution in [0.25, 0.3) is 0 Å². The number of carbonyl (C=O) groups is 3. The van der Waals surface area contributed by atoms with Crippen LogP contribution in [0, 0.1) is 6.92 Å². The second kappa shape index (κ2) is 12.1. The molecule has 4 aromatic rings. The normalized spacial score (nSPS) is 17.8. The van der Waals surface area contributed by atoms with Crippen molar-refractivity contribution in [1.29, 1.82) is 0 Å². The number of hydrogen-bond donors (Lipinski definition) is 2. The molecule has 218 valence electrons. The van der Waals surface area contributed by atoms with Gasteiger partial charge in [-0.2, -0.15) is 11.3 Å². The van der Waals surface area contributed by atoms with Crippen molar-refractivity contribution in [3.05, 3.63) is 128 Å². The number of rotatable bonds is 8. The lowest BCUT2D eigenvalue weighted by Crippen LogP contribution is -2.30. The van der Waals surface area contributed by atoms with Gasteiger partial charge in [0.05, 0.1) is 30.0 Å². The number of nitrogens with one attached hydrogen (secondary N) is 1. The number of aryl methyl sites for hydroxylation is 1. The minimum absolute atomic E-state index is 0.0290. The van der Waals surface area contributed by atoms with E-state index >= 15 is 0 Å². The van der Waals surface area contributed by atoms with Gasteiger partial charge in [0.2, 0.25) is 6.29 Å². The molecule has 0 spiro atoms. The molecule has 0 radical (unpaired) electrons. The number of hydrogen-bond acceptors (Lipinski definition) is 7. The van der Waals surface area contributed by atoms with Crippen LogP contribution >= 0.6 is 22.9 Å². The molecule has 6 rings (SSSR count). The molecule has 3 aromatic carbocycles. The number of halogens is 1. The molecule has 0 unspecified atom stereocenters. The standard InChI is InChI=1S/C33H27ClN2O6S/c1-19-12-25(7-9-28(19)36-32(39)26-8-6-24(34)15-27(26)33(36)40)35-31(38)29-13-23(22-10-11-43-18-22)14-30(42-29)41-17-21-4-2-20(16-37)3-5-21/h2-13,15,18,23,30,37H,14,16-17H2,1H3,(H,35,38)/t23-,30+/m1/s1. The molecule has 43 heavy (non-hydrogen) atoms. The quantitative estimate of drug-likeness (QED) is 0.218. The molecule has 3 heterocycles. The number of thiophene rings is 1. The van der Waals surface area contributed by atoms with Gasteiger partial charge in [0, 0.05) is 23.0 Å². The number of amides is 3. The largest absolute Gasteiger partial charge is 0.459 e. The van der Waals surface area contributed by atoms with Gasteiger partial charge in [0.1, 0.15) is 0 Å². The first-order chi connectivity index (χ1) is 20.8. The van der Waals surface area contributed by atoms with Crippen LogP contribution < -0.4 is 10.2 Å². The van der Waals surface area contributed by atoms with E-state index in [0.29, 0.717) is 33.9 Å². The fourth-order valence-electron chi connectivity index (χ4n) is 5.18. The second-order valence-corrected chi connectivity index (χ2v) is 11.6. The summed E-state index contributed by atoms with van der Waals surface area (Å²) in [5.41, 5.74) is 4.89. The molecule has 0 saturated heterocycles. The number of anilines is 2. The maximum absolute atomic E-state index is 13.4. The van der Waals surface area contributed by atoms with Crippen molar-refractivity contribution >= 4 is 52.0 Å². The molecule has 8 nitrogen and oxygen atoms in total. The molecule has 0 aliphatic carbocycles. The molecule has 2 aliphatic heterocycles. The minimum Gasteiger partial charge on any atom is -0.459 e. The molecule has 2 N–H and O–H groups in total. The Kier molecular flexibility index (Phi) is 8.14. The molecule has 0 saturated carbocycles. The molecule has 0 fully saturated rings. The molecule has 0 bridgehead atoms. The van der Waals surface area contributed by atoms with Crippen molar-refractivity contribution < 1.29 is 29.0 Å². The van der Waals surface area contributed by atoms with Gasteiger partial charge in [-0.3, -0.25) is 14.4 Å². The number of aliphatic hydroxyl groups excluding tert-OH is 1. The van der Waals surface area contributed by atoms with E-state index in [1.165, 1.54) is 6.07 Å². The Hall–Kier alpha value is -4.28. The Morgan fingerprint density at radius 2 is 1.81 bits per heavy atom. The van der Waals surface area contributed by atoms with E-state index in [2.05, 4.69) is 5.32 Å². The van der Waals surface area contributed by atoms with E-state index in [-0.39, 0.29) is 30.5 Å². The van der Waals surface area contributed by atoms with Crippen molar-refractivity contribution in [2.24, 2.45) is 0 Å². The predicted molar refractivity (Wildman–Crippen MR) is 164 cm³/mol. The zero-order valence-electron chi connectivity index (χ0n) is 23.1. The maximum Gasteiger partial charge on any atom is 0.290 e. The zero-order valence-corrected chi connectivity index (χ0v) is 24.7. The summed E-state index contributed by atoms with van der Waals surface area (Å²) >= 11 is 7.63. The highest BCUT2D eigenvalue weighted by Gasteiger charge is 2.37. The van der Waals surface area contributed by atoms with Gasteiger partial charge in [-0.1, -0.05) is 35.9 Å². The minimum atomic E-state index is -0.653. The van der Waals surface area contributed by atoms with Crippen molar-refractivity contribution in [1.82, 2.24) is 0 Å². The summed E-state index contributed by atoms with van der Waals surface area (Å²) in [4.78, 5) is 40.6. The monoisotopic (exact) mass is 614 g/mol. The van der Waals surface area contributed by atoms with E-state index in [0.717, 1.165) is 21.6 Å². The number of allylic oxidation sites excluding steroid dienone is 1. The first-order valence-electron chi connectivity index (χ1n) is 13.6. The highest BCUT2D eigenvalue weighted by molar-refractivity contribution is 7.08. The number of aliphatic hydroxyl groups is 1. The third-order valence-corrected chi connectivity index (χ3v) is 8.37. The first kappa shape index (κ1) is 28.8. The molecule has 1 aromatic heterocycles. The third-order valence-electron chi connectivity index (χ3n) is 7.44. The number of imide groups is 1. The number of ether oxygens (including phenoxy) is 2. The van der Waals surface area contributed by atoms with Crippen molar-refractivity contribution in [3.8, 4) is 0 Å². The number of fused-ring (bicyclic) bond motifs is 1. The first-order valence-corrected chi connectivity index (χ1v) is 14.9. The molecular formula is C33H27ClN2O6S.